The molecule has 0 amide bonds. The van der Waals surface area contributed by atoms with Crippen molar-refractivity contribution in [3.63, 3.8) is 0 Å². The molecule has 0 saturated heterocycles. The summed E-state index contributed by atoms with van der Waals surface area (Å²) in [6.45, 7) is 2.91. The van der Waals surface area contributed by atoms with Crippen LogP contribution in [0.4, 0.5) is 13.2 Å². The highest BCUT2D eigenvalue weighted by atomic mass is 32.2. The highest BCUT2D eigenvalue weighted by molar-refractivity contribution is 7.99. The molecular weight excluding hydrogens is 241 g/mol. The van der Waals surface area contributed by atoms with Crippen LogP contribution in [-0.2, 0) is 10.9 Å². The molecule has 16 heavy (non-hydrogen) atoms. The van der Waals surface area contributed by atoms with Crippen molar-refractivity contribution >= 4 is 11.8 Å². The lowest BCUT2D eigenvalue weighted by molar-refractivity contribution is -0.141. The van der Waals surface area contributed by atoms with Gasteiger partial charge in [-0.2, -0.15) is 13.2 Å². The van der Waals surface area contributed by atoms with Crippen LogP contribution in [0.25, 0.3) is 0 Å². The Balaban J connectivity index is 2.54. The summed E-state index contributed by atoms with van der Waals surface area (Å²) in [5.74, 6) is 0.537. The number of hydrogen-bond donors (Lipinski definition) is 0. The van der Waals surface area contributed by atoms with Gasteiger partial charge in [0.05, 0.1) is 6.61 Å². The van der Waals surface area contributed by atoms with Gasteiger partial charge in [0.1, 0.15) is 5.69 Å². The van der Waals surface area contributed by atoms with Gasteiger partial charge in [-0.15, -0.1) is 0 Å². The number of thioether (sulfide) groups is 1. The van der Waals surface area contributed by atoms with E-state index in [4.69, 9.17) is 4.74 Å². The van der Waals surface area contributed by atoms with Crippen molar-refractivity contribution in [2.24, 2.45) is 0 Å². The second-order valence-electron chi connectivity index (χ2n) is 2.77. The van der Waals surface area contributed by atoms with E-state index in [2.05, 4.69) is 9.97 Å². The Hall–Kier alpha value is -0.820. The van der Waals surface area contributed by atoms with E-state index in [-0.39, 0.29) is 5.16 Å². The van der Waals surface area contributed by atoms with Crippen LogP contribution < -0.4 is 0 Å². The number of ether oxygens (including phenoxy) is 1. The molecule has 0 bridgehead atoms. The molecule has 0 aliphatic rings. The van der Waals surface area contributed by atoms with E-state index in [9.17, 15) is 13.2 Å². The maximum atomic E-state index is 12.3. The molecule has 0 aliphatic carbocycles. The summed E-state index contributed by atoms with van der Waals surface area (Å²) in [6, 6.07) is 0.854. The van der Waals surface area contributed by atoms with E-state index in [0.717, 1.165) is 24.0 Å². The zero-order valence-electron chi connectivity index (χ0n) is 8.62. The Morgan fingerprint density at radius 1 is 1.44 bits per heavy atom. The van der Waals surface area contributed by atoms with Crippen molar-refractivity contribution < 1.29 is 17.9 Å². The summed E-state index contributed by atoms with van der Waals surface area (Å²) >= 11 is 1.14. The maximum Gasteiger partial charge on any atom is 0.433 e. The third-order valence-corrected chi connectivity index (χ3v) is 2.41. The van der Waals surface area contributed by atoms with Gasteiger partial charge in [0, 0.05) is 18.6 Å². The third-order valence-electron chi connectivity index (χ3n) is 1.59. The summed E-state index contributed by atoms with van der Waals surface area (Å²) < 4.78 is 41.9. The molecule has 1 aromatic heterocycles. The summed E-state index contributed by atoms with van der Waals surface area (Å²) in [7, 11) is 0. The molecule has 0 atom stereocenters. The molecule has 0 radical (unpaired) electrons. The van der Waals surface area contributed by atoms with Gasteiger partial charge in [-0.25, -0.2) is 9.97 Å². The number of nitrogens with zero attached hydrogens (tertiary/aromatic N) is 2. The number of alkyl halides is 3. The highest BCUT2D eigenvalue weighted by Crippen LogP contribution is 2.28. The summed E-state index contributed by atoms with van der Waals surface area (Å²) in [5.41, 5.74) is -0.915. The topological polar surface area (TPSA) is 35.0 Å². The van der Waals surface area contributed by atoms with Crippen LogP contribution in [0.15, 0.2) is 17.4 Å². The molecule has 0 fully saturated rings. The molecule has 0 aliphatic heterocycles. The molecule has 0 unspecified atom stereocenters. The van der Waals surface area contributed by atoms with Crippen molar-refractivity contribution in [3.05, 3.63) is 18.0 Å². The SMILES string of the molecule is CCOCCSc1nccc(C(F)(F)F)n1. The van der Waals surface area contributed by atoms with Gasteiger partial charge in [-0.1, -0.05) is 11.8 Å². The van der Waals surface area contributed by atoms with Crippen LogP contribution in [0.2, 0.25) is 0 Å². The van der Waals surface area contributed by atoms with Gasteiger partial charge in [0.2, 0.25) is 0 Å². The Morgan fingerprint density at radius 2 is 2.19 bits per heavy atom. The van der Waals surface area contributed by atoms with Crippen LogP contribution >= 0.6 is 11.8 Å². The quantitative estimate of drug-likeness (QED) is 0.458. The molecule has 0 N–H and O–H groups in total. The van der Waals surface area contributed by atoms with Crippen LogP contribution in [0.1, 0.15) is 12.6 Å². The summed E-state index contributed by atoms with van der Waals surface area (Å²) in [5, 5.41) is 0.120. The minimum absolute atomic E-state index is 0.120. The normalized spacial score (nSPS) is 11.8. The average molecular weight is 252 g/mol. The monoisotopic (exact) mass is 252 g/mol. The third kappa shape index (κ3) is 4.36. The Kier molecular flexibility index (Phi) is 5.01. The van der Waals surface area contributed by atoms with Crippen molar-refractivity contribution in [2.75, 3.05) is 19.0 Å². The fourth-order valence-electron chi connectivity index (χ4n) is 0.904. The standard InChI is InChI=1S/C9H11F3N2OS/c1-2-15-5-6-16-8-13-4-3-7(14-8)9(10,11)12/h3-4H,2,5-6H2,1H3. The van der Waals surface area contributed by atoms with Gasteiger partial charge in [-0.05, 0) is 13.0 Å². The second kappa shape index (κ2) is 6.05. The lowest BCUT2D eigenvalue weighted by Crippen LogP contribution is -2.09. The van der Waals surface area contributed by atoms with E-state index in [0.29, 0.717) is 19.0 Å². The van der Waals surface area contributed by atoms with Gasteiger partial charge in [-0.3, -0.25) is 0 Å². The fourth-order valence-corrected chi connectivity index (χ4v) is 1.59. The Morgan fingerprint density at radius 3 is 2.81 bits per heavy atom. The molecule has 1 heterocycles. The van der Waals surface area contributed by atoms with E-state index in [1.807, 2.05) is 6.92 Å². The fraction of sp³-hybridized carbons (Fsp3) is 0.556. The summed E-state index contributed by atoms with van der Waals surface area (Å²) in [4.78, 5) is 7.16. The van der Waals surface area contributed by atoms with E-state index >= 15 is 0 Å². The van der Waals surface area contributed by atoms with Crippen molar-refractivity contribution in [1.29, 1.82) is 0 Å². The van der Waals surface area contributed by atoms with Crippen molar-refractivity contribution in [2.45, 2.75) is 18.3 Å². The number of aromatic nitrogens is 2. The maximum absolute atomic E-state index is 12.3. The second-order valence-corrected chi connectivity index (χ2v) is 3.83. The largest absolute Gasteiger partial charge is 0.433 e. The van der Waals surface area contributed by atoms with Crippen molar-refractivity contribution in [3.8, 4) is 0 Å². The molecule has 7 heteroatoms. The number of hydrogen-bond acceptors (Lipinski definition) is 4. The van der Waals surface area contributed by atoms with E-state index < -0.39 is 11.9 Å². The molecule has 0 aromatic carbocycles. The van der Waals surface area contributed by atoms with E-state index in [1.165, 1.54) is 0 Å². The molecule has 3 nitrogen and oxygen atoms in total. The molecular formula is C9H11F3N2OS. The first-order chi connectivity index (χ1) is 7.54. The molecule has 90 valence electrons. The van der Waals surface area contributed by atoms with Gasteiger partial charge in [0.15, 0.2) is 5.16 Å². The smallest absolute Gasteiger partial charge is 0.381 e. The van der Waals surface area contributed by atoms with Gasteiger partial charge in [0.25, 0.3) is 0 Å². The first kappa shape index (κ1) is 13.2. The minimum Gasteiger partial charge on any atom is -0.381 e. The van der Waals surface area contributed by atoms with Crippen LogP contribution in [-0.4, -0.2) is 28.9 Å². The van der Waals surface area contributed by atoms with Crippen LogP contribution in [0.3, 0.4) is 0 Å². The van der Waals surface area contributed by atoms with Crippen molar-refractivity contribution in [1.82, 2.24) is 9.97 Å². The Labute approximate surface area is 95.4 Å². The molecule has 0 saturated carbocycles. The Bertz CT molecular complexity index is 333. The zero-order chi connectivity index (χ0) is 12.0. The van der Waals surface area contributed by atoms with Crippen LogP contribution in [0, 0.1) is 0 Å². The number of halogens is 3. The van der Waals surface area contributed by atoms with Crippen LogP contribution in [0.5, 0.6) is 0 Å². The van der Waals surface area contributed by atoms with E-state index in [1.54, 1.807) is 0 Å². The first-order valence-corrected chi connectivity index (χ1v) is 5.63. The zero-order valence-corrected chi connectivity index (χ0v) is 9.44. The number of rotatable bonds is 5. The first-order valence-electron chi connectivity index (χ1n) is 4.65. The van der Waals surface area contributed by atoms with Gasteiger partial charge < -0.3 is 4.74 Å². The lowest BCUT2D eigenvalue weighted by Gasteiger charge is -2.06. The predicted octanol–water partition coefficient (Wildman–Crippen LogP) is 2.62. The lowest BCUT2D eigenvalue weighted by atomic mass is 10.4. The molecule has 1 aromatic rings. The van der Waals surface area contributed by atoms with Gasteiger partial charge >= 0.3 is 6.18 Å². The predicted molar refractivity (Wildman–Crippen MR) is 54.3 cm³/mol. The summed E-state index contributed by atoms with van der Waals surface area (Å²) in [6.07, 6.45) is -3.31. The highest BCUT2D eigenvalue weighted by Gasteiger charge is 2.32. The average Bonchev–Trinajstić information content (AvgIpc) is 2.24. The molecule has 1 rings (SSSR count). The molecule has 0 spiro atoms. The minimum atomic E-state index is -4.42.